The van der Waals surface area contributed by atoms with Gasteiger partial charge in [0.15, 0.2) is 0 Å². The van der Waals surface area contributed by atoms with E-state index in [4.69, 9.17) is 9.84 Å². The van der Waals surface area contributed by atoms with Crippen molar-refractivity contribution < 1.29 is 19.4 Å². The fraction of sp³-hybridized carbons (Fsp3) is 0.545. The zero-order chi connectivity index (χ0) is 14.8. The first-order chi connectivity index (χ1) is 9.38. The number of aromatic amines is 1. The maximum atomic E-state index is 11.8. The van der Waals surface area contributed by atoms with Gasteiger partial charge in [-0.1, -0.05) is 11.3 Å². The molecular formula is C11H15N3O5S. The Kier molecular flexibility index (Phi) is 4.09. The lowest BCUT2D eigenvalue weighted by molar-refractivity contribution is -0.159. The summed E-state index contributed by atoms with van der Waals surface area (Å²) in [6, 6.07) is -0.270. The van der Waals surface area contributed by atoms with Crippen LogP contribution in [0.5, 0.6) is 0 Å². The Labute approximate surface area is 118 Å². The number of ether oxygens (including phenoxy) is 1. The maximum Gasteiger partial charge on any atom is 0.329 e. The van der Waals surface area contributed by atoms with E-state index < -0.39 is 11.6 Å². The molecule has 8 nitrogen and oxygen atoms in total. The number of thiazole rings is 1. The third kappa shape index (κ3) is 3.58. The van der Waals surface area contributed by atoms with Crippen molar-refractivity contribution in [2.75, 3.05) is 19.7 Å². The van der Waals surface area contributed by atoms with Crippen LogP contribution in [0.1, 0.15) is 12.6 Å². The van der Waals surface area contributed by atoms with Gasteiger partial charge in [0.05, 0.1) is 19.6 Å². The van der Waals surface area contributed by atoms with E-state index in [1.807, 2.05) is 0 Å². The summed E-state index contributed by atoms with van der Waals surface area (Å²) in [7, 11) is 0. The van der Waals surface area contributed by atoms with Gasteiger partial charge in [-0.05, 0) is 6.92 Å². The summed E-state index contributed by atoms with van der Waals surface area (Å²) in [5.41, 5.74) is 0.0469. The second kappa shape index (κ2) is 5.63. The van der Waals surface area contributed by atoms with Gasteiger partial charge in [0.25, 0.3) is 0 Å². The number of carboxylic acids is 1. The minimum atomic E-state index is -1.03. The number of likely N-dealkylation sites (tertiary alicyclic amines) is 1. The van der Waals surface area contributed by atoms with Gasteiger partial charge >= 0.3 is 16.9 Å². The summed E-state index contributed by atoms with van der Waals surface area (Å²) in [6.45, 7) is 2.32. The summed E-state index contributed by atoms with van der Waals surface area (Å²) >= 11 is 1.04. The maximum absolute atomic E-state index is 11.8. The van der Waals surface area contributed by atoms with Crippen LogP contribution in [0.2, 0.25) is 0 Å². The summed E-state index contributed by atoms with van der Waals surface area (Å²) in [6.07, 6.45) is 0. The smallest absolute Gasteiger partial charge is 0.329 e. The number of urea groups is 1. The van der Waals surface area contributed by atoms with Crippen molar-refractivity contribution in [3.8, 4) is 0 Å². The summed E-state index contributed by atoms with van der Waals surface area (Å²) in [5, 5.41) is 12.9. The molecule has 1 saturated heterocycles. The van der Waals surface area contributed by atoms with Gasteiger partial charge in [0.1, 0.15) is 12.2 Å². The van der Waals surface area contributed by atoms with E-state index in [2.05, 4.69) is 10.3 Å². The molecule has 3 N–H and O–H groups in total. The van der Waals surface area contributed by atoms with Crippen LogP contribution in [0.4, 0.5) is 4.79 Å². The molecule has 20 heavy (non-hydrogen) atoms. The molecule has 1 aliphatic heterocycles. The molecule has 9 heteroatoms. The van der Waals surface area contributed by atoms with Crippen LogP contribution in [-0.2, 0) is 16.1 Å². The van der Waals surface area contributed by atoms with Crippen molar-refractivity contribution >= 4 is 23.3 Å². The molecule has 110 valence electrons. The van der Waals surface area contributed by atoms with Crippen LogP contribution in [-0.4, -0.2) is 52.3 Å². The van der Waals surface area contributed by atoms with Crippen molar-refractivity contribution in [3.05, 3.63) is 20.7 Å². The third-order valence-corrected chi connectivity index (χ3v) is 3.60. The molecule has 0 bridgehead atoms. The Morgan fingerprint density at radius 1 is 1.60 bits per heavy atom. The molecule has 0 unspecified atom stereocenters. The molecule has 1 aliphatic rings. The molecule has 2 amide bonds. The molecule has 1 fully saturated rings. The number of carbonyl (C=O) groups excluding carboxylic acids is 1. The molecule has 0 aliphatic carbocycles. The first kappa shape index (κ1) is 14.5. The number of carboxylic acid groups (broad SMARTS) is 1. The molecule has 1 aromatic heterocycles. The van der Waals surface area contributed by atoms with Gasteiger partial charge in [-0.2, -0.15) is 0 Å². The third-order valence-electron chi connectivity index (χ3n) is 2.88. The molecule has 2 rings (SSSR count). The first-order valence-corrected chi connectivity index (χ1v) is 6.81. The second-order valence-electron chi connectivity index (χ2n) is 4.82. The number of H-pyrrole nitrogens is 1. The summed E-state index contributed by atoms with van der Waals surface area (Å²) in [4.78, 5) is 37.1. The fourth-order valence-corrected chi connectivity index (χ4v) is 2.50. The van der Waals surface area contributed by atoms with Crippen LogP contribution in [0.15, 0.2) is 10.2 Å². The normalized spacial score (nSPS) is 16.6. The van der Waals surface area contributed by atoms with Gasteiger partial charge in [-0.15, -0.1) is 0 Å². The summed E-state index contributed by atoms with van der Waals surface area (Å²) < 4.78 is 5.21. The number of carbonyl (C=O) groups is 2. The molecule has 1 aromatic rings. The predicted molar refractivity (Wildman–Crippen MR) is 70.7 cm³/mol. The monoisotopic (exact) mass is 301 g/mol. The topological polar surface area (TPSA) is 112 Å². The van der Waals surface area contributed by atoms with Gasteiger partial charge in [-0.25, -0.2) is 9.59 Å². The van der Waals surface area contributed by atoms with Crippen LogP contribution in [0, 0.1) is 0 Å². The Hall–Kier alpha value is -1.87. The Balaban J connectivity index is 1.73. The number of hydrogen-bond acceptors (Lipinski definition) is 5. The zero-order valence-electron chi connectivity index (χ0n) is 10.8. The Morgan fingerprint density at radius 3 is 2.85 bits per heavy atom. The molecule has 2 heterocycles. The Morgan fingerprint density at radius 2 is 2.30 bits per heavy atom. The molecule has 0 aromatic carbocycles. The quantitative estimate of drug-likeness (QED) is 0.698. The highest BCUT2D eigenvalue weighted by Crippen LogP contribution is 2.24. The van der Waals surface area contributed by atoms with E-state index in [0.717, 1.165) is 11.3 Å². The van der Waals surface area contributed by atoms with Crippen molar-refractivity contribution in [2.45, 2.75) is 19.1 Å². The van der Waals surface area contributed by atoms with Crippen molar-refractivity contribution in [1.29, 1.82) is 0 Å². The molecule has 0 saturated carbocycles. The van der Waals surface area contributed by atoms with E-state index in [0.29, 0.717) is 18.8 Å². The van der Waals surface area contributed by atoms with Crippen LogP contribution >= 0.6 is 11.3 Å². The van der Waals surface area contributed by atoms with Crippen LogP contribution < -0.4 is 10.2 Å². The largest absolute Gasteiger partial charge is 0.480 e. The SMILES string of the molecule is CC1(OCC(=O)O)CN(C(=O)NCc2csc(=O)[nH]2)C1. The fourth-order valence-electron chi connectivity index (χ4n) is 1.92. The minimum absolute atomic E-state index is 0.159. The number of aliphatic carboxylic acids is 1. The average Bonchev–Trinajstić information content (AvgIpc) is 2.76. The number of rotatable bonds is 5. The average molecular weight is 301 g/mol. The highest BCUT2D eigenvalue weighted by Gasteiger charge is 2.42. The zero-order valence-corrected chi connectivity index (χ0v) is 11.7. The van der Waals surface area contributed by atoms with Gasteiger partial charge in [-0.3, -0.25) is 4.79 Å². The minimum Gasteiger partial charge on any atom is -0.480 e. The predicted octanol–water partition coefficient (Wildman–Crippen LogP) is -0.178. The number of hydrogen-bond donors (Lipinski definition) is 3. The van der Waals surface area contributed by atoms with Gasteiger partial charge in [0.2, 0.25) is 0 Å². The van der Waals surface area contributed by atoms with E-state index in [1.54, 1.807) is 12.3 Å². The number of amides is 2. The van der Waals surface area contributed by atoms with Gasteiger partial charge < -0.3 is 25.0 Å². The number of nitrogens with zero attached hydrogens (tertiary/aromatic N) is 1. The van der Waals surface area contributed by atoms with E-state index in [1.165, 1.54) is 4.90 Å². The summed E-state index contributed by atoms with van der Waals surface area (Å²) in [5.74, 6) is -1.03. The van der Waals surface area contributed by atoms with Crippen LogP contribution in [0.25, 0.3) is 0 Å². The molecule has 0 radical (unpaired) electrons. The highest BCUT2D eigenvalue weighted by atomic mass is 32.1. The Bertz CT molecular complexity index is 560. The lowest BCUT2D eigenvalue weighted by atomic mass is 9.97. The van der Waals surface area contributed by atoms with E-state index in [-0.39, 0.29) is 24.1 Å². The first-order valence-electron chi connectivity index (χ1n) is 5.93. The van der Waals surface area contributed by atoms with Crippen LogP contribution in [0.3, 0.4) is 0 Å². The lowest BCUT2D eigenvalue weighted by Crippen LogP contribution is -2.65. The highest BCUT2D eigenvalue weighted by molar-refractivity contribution is 7.07. The van der Waals surface area contributed by atoms with Crippen molar-refractivity contribution in [2.24, 2.45) is 0 Å². The second-order valence-corrected chi connectivity index (χ2v) is 5.66. The standard InChI is InChI=1S/C11H15N3O5S/c1-11(19-3-8(15)16)5-14(6-11)9(17)12-2-7-4-20-10(18)13-7/h4H,2-3,5-6H2,1H3,(H,12,17)(H,13,18)(H,15,16). The lowest BCUT2D eigenvalue weighted by Gasteiger charge is -2.46. The van der Waals surface area contributed by atoms with Crippen molar-refractivity contribution in [3.63, 3.8) is 0 Å². The molecule has 0 atom stereocenters. The van der Waals surface area contributed by atoms with Crippen molar-refractivity contribution in [1.82, 2.24) is 15.2 Å². The molecular weight excluding hydrogens is 286 g/mol. The number of nitrogens with one attached hydrogen (secondary N) is 2. The van der Waals surface area contributed by atoms with E-state index >= 15 is 0 Å². The van der Waals surface area contributed by atoms with Gasteiger partial charge in [0, 0.05) is 11.1 Å². The number of aromatic nitrogens is 1. The van der Waals surface area contributed by atoms with E-state index in [9.17, 15) is 14.4 Å². The molecule has 0 spiro atoms.